The smallest absolute Gasteiger partial charge is 0.302 e. The molecule has 9 rings (SSSR count). The van der Waals surface area contributed by atoms with Crippen LogP contribution in [0, 0.1) is 50.7 Å². The maximum atomic E-state index is 13.2. The lowest BCUT2D eigenvalue weighted by Gasteiger charge is -2.65. The van der Waals surface area contributed by atoms with Crippen molar-refractivity contribution in [1.29, 1.82) is 0 Å². The summed E-state index contributed by atoms with van der Waals surface area (Å²) in [5, 5.41) is 130. The maximum Gasteiger partial charge on any atom is 0.302 e. The van der Waals surface area contributed by atoms with Crippen molar-refractivity contribution in [2.24, 2.45) is 50.7 Å². The lowest BCUT2D eigenvalue weighted by Crippen LogP contribution is -2.65. The van der Waals surface area contributed by atoms with Crippen LogP contribution < -0.4 is 0 Å². The van der Waals surface area contributed by atoms with E-state index < -0.39 is 169 Å². The van der Waals surface area contributed by atoms with Crippen LogP contribution in [0.3, 0.4) is 0 Å². The van der Waals surface area contributed by atoms with Crippen LogP contribution >= 0.6 is 0 Å². The maximum absolute atomic E-state index is 13.2. The van der Waals surface area contributed by atoms with E-state index in [-0.39, 0.29) is 47.5 Å². The molecule has 0 aromatic rings. The van der Waals surface area contributed by atoms with Crippen molar-refractivity contribution in [2.45, 2.75) is 281 Å². The van der Waals surface area contributed by atoms with Gasteiger partial charge in [0.05, 0.1) is 48.8 Å². The van der Waals surface area contributed by atoms with Crippen LogP contribution in [0.2, 0.25) is 0 Å². The summed E-state index contributed by atoms with van der Waals surface area (Å²) in [6.45, 7) is 20.2. The molecule has 0 aromatic heterocycles. The third kappa shape index (κ3) is 9.89. The van der Waals surface area contributed by atoms with Gasteiger partial charge >= 0.3 is 5.97 Å². The van der Waals surface area contributed by atoms with Crippen LogP contribution in [0.25, 0.3) is 0 Å². The molecule has 5 saturated carbocycles. The van der Waals surface area contributed by atoms with Crippen molar-refractivity contribution in [1.82, 2.24) is 0 Å². The number of fused-ring (bicyclic) bond motifs is 2. The summed E-state index contributed by atoms with van der Waals surface area (Å²) in [4.78, 5) is 13.2. The van der Waals surface area contributed by atoms with E-state index in [4.69, 9.17) is 42.6 Å². The number of esters is 1. The van der Waals surface area contributed by atoms with Crippen LogP contribution in [0.5, 0.6) is 0 Å². The fraction of sp³-hybridized carbons (Fsp3) is 0.982. The quantitative estimate of drug-likeness (QED) is 0.0796. The second-order valence-electron chi connectivity index (χ2n) is 26.8. The van der Waals surface area contributed by atoms with Crippen LogP contribution in [0.1, 0.15) is 134 Å². The van der Waals surface area contributed by atoms with Gasteiger partial charge in [-0.15, -0.1) is 0 Å². The van der Waals surface area contributed by atoms with Crippen LogP contribution in [-0.2, 0) is 47.4 Å². The summed E-state index contributed by atoms with van der Waals surface area (Å²) < 4.78 is 56.8. The van der Waals surface area contributed by atoms with Gasteiger partial charge in [-0.3, -0.25) is 4.79 Å². The predicted octanol–water partition coefficient (Wildman–Crippen LogP) is -0.134. The van der Waals surface area contributed by atoms with Gasteiger partial charge in [-0.05, 0) is 137 Å². The van der Waals surface area contributed by atoms with Crippen LogP contribution in [-0.4, -0.2) is 221 Å². The summed E-state index contributed by atoms with van der Waals surface area (Å²) in [5.41, 5.74) is -3.46. The van der Waals surface area contributed by atoms with Gasteiger partial charge in [0.2, 0.25) is 0 Å². The standard InChI is InChI=1S/C55H92O22/c1-22(12-13-32(76-49-44(68)40(64)36(60)25(4)72-49)51(8,9)77-46-41(65)37(61)27(57)20-69-46)33-29(73-26(5)56)19-53(11)30-18-28(74-47-42(66)38(62)34(58)23(2)70-47)45-50(6,7)31(75-48-43(67)39(63)35(59)24(3)71-48)14-15-55(45)21-54(30,55)17-16-52(33,53)10/h22-25,27-49,57-68H,12-21H2,1-11H3. The normalized spacial score (nSPS) is 54.2. The third-order valence-electron chi connectivity index (χ3n) is 21.8. The highest BCUT2D eigenvalue weighted by Gasteiger charge is 2.85. The number of aliphatic hydroxyl groups is 12. The molecule has 4 heterocycles. The zero-order valence-electron chi connectivity index (χ0n) is 46.6. The van der Waals surface area contributed by atoms with Gasteiger partial charge in [-0.1, -0.05) is 34.6 Å². The Bertz CT molecular complexity index is 2080. The van der Waals surface area contributed by atoms with E-state index in [9.17, 15) is 66.1 Å². The van der Waals surface area contributed by atoms with E-state index in [1.807, 2.05) is 0 Å². The molecule has 77 heavy (non-hydrogen) atoms. The second kappa shape index (κ2) is 21.4. The first-order chi connectivity index (χ1) is 35.8. The number of rotatable bonds is 14. The Kier molecular flexibility index (Phi) is 16.7. The number of aliphatic hydroxyl groups excluding tert-OH is 12. The van der Waals surface area contributed by atoms with Crippen molar-refractivity contribution < 1.29 is 109 Å². The molecule has 4 saturated heterocycles. The molecule has 22 heteroatoms. The van der Waals surface area contributed by atoms with Gasteiger partial charge in [0.1, 0.15) is 79.4 Å². The second-order valence-corrected chi connectivity index (χ2v) is 26.8. The molecule has 0 aromatic carbocycles. The van der Waals surface area contributed by atoms with Gasteiger partial charge in [0, 0.05) is 12.8 Å². The van der Waals surface area contributed by atoms with Crippen molar-refractivity contribution in [3.8, 4) is 0 Å². The van der Waals surface area contributed by atoms with Crippen LogP contribution in [0.4, 0.5) is 0 Å². The molecule has 31 atom stereocenters. The molecular weight excluding hydrogens is 1010 g/mol. The summed E-state index contributed by atoms with van der Waals surface area (Å²) >= 11 is 0. The topological polar surface area (TPSA) is 343 Å². The SMILES string of the molecule is CC(=O)OC1CC2(C)C3CC(OC4OC(C)C(O)C(O)C4O)C4C(C)(C)C(OC5OC(C)C(O)C(O)C5O)CCC45CC35CCC2(C)C1C(C)CCC(OC1OC(C)C(O)C(O)C1O)C(C)(C)OC1OCC(O)C(O)C1O. The van der Waals surface area contributed by atoms with Gasteiger partial charge in [0.15, 0.2) is 25.2 Å². The average Bonchev–Trinajstić information content (AvgIpc) is 3.52. The first-order valence-electron chi connectivity index (χ1n) is 28.3. The van der Waals surface area contributed by atoms with Gasteiger partial charge < -0.3 is 104 Å². The first-order valence-corrected chi connectivity index (χ1v) is 28.3. The molecule has 9 fully saturated rings. The molecule has 9 aliphatic rings. The van der Waals surface area contributed by atoms with E-state index >= 15 is 0 Å². The zero-order valence-corrected chi connectivity index (χ0v) is 46.6. The van der Waals surface area contributed by atoms with Crippen molar-refractivity contribution >= 4 is 5.97 Å². The fourth-order valence-electron chi connectivity index (χ4n) is 17.4. The molecule has 22 nitrogen and oxygen atoms in total. The summed E-state index contributed by atoms with van der Waals surface area (Å²) in [5.74, 6) is -1.03. The Labute approximate surface area is 451 Å². The van der Waals surface area contributed by atoms with Crippen molar-refractivity contribution in [3.05, 3.63) is 0 Å². The molecule has 5 aliphatic carbocycles. The molecule has 0 amide bonds. The molecule has 0 bridgehead atoms. The van der Waals surface area contributed by atoms with E-state index in [0.29, 0.717) is 32.1 Å². The van der Waals surface area contributed by atoms with Gasteiger partial charge in [0.25, 0.3) is 0 Å². The minimum atomic E-state index is -1.65. The largest absolute Gasteiger partial charge is 0.462 e. The molecule has 0 radical (unpaired) electrons. The highest BCUT2D eigenvalue weighted by Crippen LogP contribution is 2.89. The fourth-order valence-corrected chi connectivity index (χ4v) is 17.4. The Balaban J connectivity index is 1.02. The Hall–Kier alpha value is -1.33. The zero-order chi connectivity index (χ0) is 56.6. The Morgan fingerprint density at radius 1 is 0.623 bits per heavy atom. The average molecular weight is 1110 g/mol. The van der Waals surface area contributed by atoms with Crippen molar-refractivity contribution in [3.63, 3.8) is 0 Å². The lowest BCUT2D eigenvalue weighted by molar-refractivity contribution is -0.342. The van der Waals surface area contributed by atoms with Crippen molar-refractivity contribution in [2.75, 3.05) is 6.61 Å². The van der Waals surface area contributed by atoms with E-state index in [2.05, 4.69) is 34.6 Å². The molecule has 4 aliphatic heterocycles. The number of carbonyl (C=O) groups is 1. The number of carbonyl (C=O) groups excluding carboxylic acids is 1. The molecule has 444 valence electrons. The number of ether oxygens (including phenoxy) is 9. The highest BCUT2D eigenvalue weighted by atomic mass is 16.7. The molecule has 12 N–H and O–H groups in total. The van der Waals surface area contributed by atoms with E-state index in [1.54, 1.807) is 34.6 Å². The monoisotopic (exact) mass is 1100 g/mol. The van der Waals surface area contributed by atoms with E-state index in [1.165, 1.54) is 6.92 Å². The summed E-state index contributed by atoms with van der Waals surface area (Å²) in [6, 6.07) is 0. The highest BCUT2D eigenvalue weighted by molar-refractivity contribution is 5.66. The molecular formula is C55H92O22. The molecule has 2 spiro atoms. The number of hydrogen-bond acceptors (Lipinski definition) is 22. The molecule has 31 unspecified atom stereocenters. The minimum absolute atomic E-state index is 0.0129. The van der Waals surface area contributed by atoms with Gasteiger partial charge in [-0.25, -0.2) is 0 Å². The summed E-state index contributed by atoms with van der Waals surface area (Å²) in [7, 11) is 0. The van der Waals surface area contributed by atoms with Crippen LogP contribution in [0.15, 0.2) is 0 Å². The summed E-state index contributed by atoms with van der Waals surface area (Å²) in [6.07, 6.45) is -22.9. The lowest BCUT2D eigenvalue weighted by atomic mass is 9.41. The van der Waals surface area contributed by atoms with Gasteiger partial charge in [-0.2, -0.15) is 0 Å². The third-order valence-corrected chi connectivity index (χ3v) is 21.8. The predicted molar refractivity (Wildman–Crippen MR) is 266 cm³/mol. The minimum Gasteiger partial charge on any atom is -0.462 e. The first kappa shape index (κ1) is 60.3. The van der Waals surface area contributed by atoms with E-state index in [0.717, 1.165) is 19.3 Å². The number of hydrogen-bond donors (Lipinski definition) is 12. The Morgan fingerprint density at radius 3 is 1.73 bits per heavy atom. The Morgan fingerprint density at radius 2 is 1.16 bits per heavy atom.